The Bertz CT molecular complexity index is 738. The second-order valence-electron chi connectivity index (χ2n) is 6.01. The van der Waals surface area contributed by atoms with E-state index in [0.717, 1.165) is 0 Å². The smallest absolute Gasteiger partial charge is 0.323 e. The topological polar surface area (TPSA) is 75.4 Å². The van der Waals surface area contributed by atoms with Gasteiger partial charge in [0.05, 0.1) is 23.1 Å². The second kappa shape index (κ2) is 7.25. The van der Waals surface area contributed by atoms with E-state index in [0.29, 0.717) is 23.5 Å². The molecule has 1 N–H and O–H groups in total. The minimum Gasteiger partial charge on any atom is -0.480 e. The van der Waals surface area contributed by atoms with Gasteiger partial charge in [0.2, 0.25) is 0 Å². The highest BCUT2D eigenvalue weighted by molar-refractivity contribution is 5.96. The second-order valence-corrected chi connectivity index (χ2v) is 6.01. The van der Waals surface area contributed by atoms with Gasteiger partial charge in [0.15, 0.2) is 0 Å². The number of carbonyl (C=O) groups excluding carboxylic acids is 1. The molecule has 0 aliphatic heterocycles. The number of nitrogens with zero attached hydrogens (tertiary/aromatic N) is 3. The Hall–Kier alpha value is -2.70. The number of halogens is 1. The van der Waals surface area contributed by atoms with Crippen LogP contribution in [0.5, 0.6) is 0 Å². The highest BCUT2D eigenvalue weighted by Gasteiger charge is 2.23. The summed E-state index contributed by atoms with van der Waals surface area (Å²) in [5.74, 6) is -1.66. The highest BCUT2D eigenvalue weighted by Crippen LogP contribution is 2.17. The molecule has 6 nitrogen and oxygen atoms in total. The van der Waals surface area contributed by atoms with Crippen LogP contribution >= 0.6 is 0 Å². The molecule has 0 radical (unpaired) electrons. The van der Waals surface area contributed by atoms with Crippen LogP contribution in [0.3, 0.4) is 0 Å². The number of rotatable bonds is 6. The lowest BCUT2D eigenvalue weighted by Gasteiger charge is -2.22. The van der Waals surface area contributed by atoms with E-state index in [1.807, 2.05) is 13.8 Å². The Kier molecular flexibility index (Phi) is 5.33. The summed E-state index contributed by atoms with van der Waals surface area (Å²) in [6.45, 7) is 5.52. The van der Waals surface area contributed by atoms with E-state index in [9.17, 15) is 14.0 Å². The first-order valence-electron chi connectivity index (χ1n) is 7.61. The summed E-state index contributed by atoms with van der Waals surface area (Å²) >= 11 is 0. The van der Waals surface area contributed by atoms with Gasteiger partial charge >= 0.3 is 5.97 Å². The predicted octanol–water partition coefficient (Wildman–Crippen LogP) is 2.50. The first-order valence-corrected chi connectivity index (χ1v) is 7.61. The van der Waals surface area contributed by atoms with Gasteiger partial charge in [0, 0.05) is 6.54 Å². The third-order valence-electron chi connectivity index (χ3n) is 3.51. The average molecular weight is 333 g/mol. The van der Waals surface area contributed by atoms with Crippen LogP contribution in [0.15, 0.2) is 30.5 Å². The van der Waals surface area contributed by atoms with Gasteiger partial charge in [0.1, 0.15) is 12.4 Å². The SMILES string of the molecule is Cc1c(C(=O)N(CC(=O)O)CC(C)C)cnn1-c1ccc(F)cc1. The third kappa shape index (κ3) is 3.98. The summed E-state index contributed by atoms with van der Waals surface area (Å²) in [5, 5.41) is 13.2. The van der Waals surface area contributed by atoms with E-state index in [1.54, 1.807) is 19.1 Å². The minimum atomic E-state index is -1.06. The van der Waals surface area contributed by atoms with E-state index in [-0.39, 0.29) is 24.2 Å². The summed E-state index contributed by atoms with van der Waals surface area (Å²) in [4.78, 5) is 25.0. The number of carbonyl (C=O) groups is 2. The lowest BCUT2D eigenvalue weighted by Crippen LogP contribution is -2.38. The van der Waals surface area contributed by atoms with Crippen molar-refractivity contribution in [1.82, 2.24) is 14.7 Å². The van der Waals surface area contributed by atoms with Crippen molar-refractivity contribution in [3.63, 3.8) is 0 Å². The fourth-order valence-electron chi connectivity index (χ4n) is 2.46. The van der Waals surface area contributed by atoms with Crippen molar-refractivity contribution < 1.29 is 19.1 Å². The zero-order chi connectivity index (χ0) is 17.9. The normalized spacial score (nSPS) is 10.9. The molecule has 1 aromatic carbocycles. The van der Waals surface area contributed by atoms with Gasteiger partial charge in [-0.25, -0.2) is 9.07 Å². The Balaban J connectivity index is 2.32. The van der Waals surface area contributed by atoms with E-state index < -0.39 is 5.97 Å². The molecule has 0 aliphatic carbocycles. The third-order valence-corrected chi connectivity index (χ3v) is 3.51. The number of benzene rings is 1. The highest BCUT2D eigenvalue weighted by atomic mass is 19.1. The molecule has 0 saturated carbocycles. The Morgan fingerprint density at radius 1 is 1.29 bits per heavy atom. The molecule has 0 atom stereocenters. The zero-order valence-electron chi connectivity index (χ0n) is 13.9. The summed E-state index contributed by atoms with van der Waals surface area (Å²) < 4.78 is 14.6. The maximum absolute atomic E-state index is 13.0. The lowest BCUT2D eigenvalue weighted by molar-refractivity contribution is -0.137. The summed E-state index contributed by atoms with van der Waals surface area (Å²) in [7, 11) is 0. The number of hydrogen-bond donors (Lipinski definition) is 1. The number of aliphatic carboxylic acids is 1. The quantitative estimate of drug-likeness (QED) is 0.881. The molecule has 0 saturated heterocycles. The molecule has 1 heterocycles. The van der Waals surface area contributed by atoms with Gasteiger partial charge in [-0.15, -0.1) is 0 Å². The molecule has 7 heteroatoms. The van der Waals surface area contributed by atoms with Crippen LogP contribution < -0.4 is 0 Å². The van der Waals surface area contributed by atoms with Gasteiger partial charge in [-0.2, -0.15) is 5.10 Å². The Morgan fingerprint density at radius 3 is 2.46 bits per heavy atom. The molecule has 2 rings (SSSR count). The van der Waals surface area contributed by atoms with E-state index in [2.05, 4.69) is 5.10 Å². The van der Waals surface area contributed by atoms with Crippen LogP contribution in [0, 0.1) is 18.7 Å². The van der Waals surface area contributed by atoms with E-state index in [4.69, 9.17) is 5.11 Å². The fraction of sp³-hybridized carbons (Fsp3) is 0.353. The first kappa shape index (κ1) is 17.7. The fourth-order valence-corrected chi connectivity index (χ4v) is 2.46. The van der Waals surface area contributed by atoms with E-state index in [1.165, 1.54) is 27.9 Å². The maximum atomic E-state index is 13.0. The molecule has 0 fully saturated rings. The number of carboxylic acid groups (broad SMARTS) is 1. The number of hydrogen-bond acceptors (Lipinski definition) is 3. The summed E-state index contributed by atoms with van der Waals surface area (Å²) in [5.41, 5.74) is 1.54. The van der Waals surface area contributed by atoms with Crippen LogP contribution in [-0.4, -0.2) is 44.8 Å². The van der Waals surface area contributed by atoms with Crippen LogP contribution in [0.4, 0.5) is 4.39 Å². The molecule has 128 valence electrons. The predicted molar refractivity (Wildman–Crippen MR) is 86.6 cm³/mol. The largest absolute Gasteiger partial charge is 0.480 e. The van der Waals surface area contributed by atoms with Crippen molar-refractivity contribution >= 4 is 11.9 Å². The Labute approximate surface area is 139 Å². The molecular weight excluding hydrogens is 313 g/mol. The summed E-state index contributed by atoms with van der Waals surface area (Å²) in [6.07, 6.45) is 1.41. The van der Waals surface area contributed by atoms with Crippen molar-refractivity contribution in [2.45, 2.75) is 20.8 Å². The van der Waals surface area contributed by atoms with Crippen LogP contribution in [-0.2, 0) is 4.79 Å². The maximum Gasteiger partial charge on any atom is 0.323 e. The van der Waals surface area contributed by atoms with Gasteiger partial charge in [-0.1, -0.05) is 13.8 Å². The molecule has 0 bridgehead atoms. The molecule has 2 aromatic rings. The number of amides is 1. The molecule has 1 amide bonds. The van der Waals surface area contributed by atoms with E-state index >= 15 is 0 Å². The standard InChI is InChI=1S/C17H20FN3O3/c1-11(2)9-20(10-16(22)23)17(24)15-8-19-21(12(15)3)14-6-4-13(18)5-7-14/h4-8,11H,9-10H2,1-3H3,(H,22,23). The molecule has 0 spiro atoms. The van der Waals surface area contributed by atoms with Crippen molar-refractivity contribution in [1.29, 1.82) is 0 Å². The zero-order valence-corrected chi connectivity index (χ0v) is 13.9. The van der Waals surface area contributed by atoms with Crippen LogP contribution in [0.25, 0.3) is 5.69 Å². The molecule has 1 aromatic heterocycles. The molecule has 0 aliphatic rings. The van der Waals surface area contributed by atoms with Crippen LogP contribution in [0.1, 0.15) is 29.9 Å². The van der Waals surface area contributed by atoms with Crippen molar-refractivity contribution in [3.05, 3.63) is 47.5 Å². The summed E-state index contributed by atoms with van der Waals surface area (Å²) in [6, 6.07) is 5.75. The van der Waals surface area contributed by atoms with Crippen molar-refractivity contribution in [3.8, 4) is 5.69 Å². The lowest BCUT2D eigenvalue weighted by atomic mass is 10.1. The van der Waals surface area contributed by atoms with Crippen LogP contribution in [0.2, 0.25) is 0 Å². The Morgan fingerprint density at radius 2 is 1.92 bits per heavy atom. The monoisotopic (exact) mass is 333 g/mol. The van der Waals surface area contributed by atoms with Gasteiger partial charge in [-0.05, 0) is 37.1 Å². The van der Waals surface area contributed by atoms with Gasteiger partial charge in [-0.3, -0.25) is 9.59 Å². The number of carboxylic acids is 1. The minimum absolute atomic E-state index is 0.140. The number of aromatic nitrogens is 2. The molecule has 24 heavy (non-hydrogen) atoms. The molecular formula is C17H20FN3O3. The van der Waals surface area contributed by atoms with Gasteiger partial charge < -0.3 is 10.0 Å². The van der Waals surface area contributed by atoms with Crippen molar-refractivity contribution in [2.24, 2.45) is 5.92 Å². The first-order chi connectivity index (χ1) is 11.3. The molecule has 0 unspecified atom stereocenters. The van der Waals surface area contributed by atoms with Crippen molar-refractivity contribution in [2.75, 3.05) is 13.1 Å². The average Bonchev–Trinajstić information content (AvgIpc) is 2.87. The van der Waals surface area contributed by atoms with Gasteiger partial charge in [0.25, 0.3) is 5.91 Å².